The first kappa shape index (κ1) is 15.0. The van der Waals surface area contributed by atoms with Crippen molar-refractivity contribution in [3.63, 3.8) is 0 Å². The van der Waals surface area contributed by atoms with Crippen LogP contribution < -0.4 is 0 Å². The number of esters is 1. The molecule has 0 atom stereocenters. The summed E-state index contributed by atoms with van der Waals surface area (Å²) in [7, 11) is 0. The fourth-order valence-electron chi connectivity index (χ4n) is 1.95. The number of nitriles is 1. The fraction of sp³-hybridized carbons (Fsp3) is 0.375. The largest absolute Gasteiger partial charge is 0.462 e. The third kappa shape index (κ3) is 3.23. The minimum Gasteiger partial charge on any atom is -0.462 e. The molecule has 0 N–H and O–H groups in total. The lowest BCUT2D eigenvalue weighted by Gasteiger charge is -2.12. The summed E-state index contributed by atoms with van der Waals surface area (Å²) < 4.78 is 4.88. The Morgan fingerprint density at radius 2 is 1.79 bits per heavy atom. The maximum Gasteiger partial charge on any atom is 0.348 e. The Kier molecular flexibility index (Phi) is 4.88. The number of nitrogens with zero attached hydrogens (tertiary/aromatic N) is 1. The van der Waals surface area contributed by atoms with Crippen LogP contribution in [0.15, 0.2) is 11.6 Å². The van der Waals surface area contributed by atoms with Crippen LogP contribution in [0, 0.1) is 39.0 Å². The Labute approximate surface area is 114 Å². The number of carbonyl (C=O) groups excluding carboxylic acids is 1. The summed E-state index contributed by atoms with van der Waals surface area (Å²) in [5, 5.41) is 9.09. The molecule has 1 rings (SSSR count). The second-order valence-electron chi connectivity index (χ2n) is 4.56. The molecule has 0 spiro atoms. The molecule has 100 valence electrons. The minimum atomic E-state index is -0.567. The van der Waals surface area contributed by atoms with E-state index in [-0.39, 0.29) is 12.2 Å². The van der Waals surface area contributed by atoms with Crippen LogP contribution in [0.25, 0.3) is 6.08 Å². The number of aryl methyl sites for hydroxylation is 2. The zero-order valence-corrected chi connectivity index (χ0v) is 12.1. The van der Waals surface area contributed by atoms with Crippen LogP contribution >= 0.6 is 0 Å². The molecular weight excluding hydrogens is 238 g/mol. The van der Waals surface area contributed by atoms with Gasteiger partial charge in [0, 0.05) is 0 Å². The van der Waals surface area contributed by atoms with Crippen LogP contribution in [-0.2, 0) is 9.53 Å². The summed E-state index contributed by atoms with van der Waals surface area (Å²) in [4.78, 5) is 11.7. The molecule has 3 nitrogen and oxygen atoms in total. The molecule has 0 saturated heterocycles. The van der Waals surface area contributed by atoms with Gasteiger partial charge in [-0.25, -0.2) is 4.79 Å². The Morgan fingerprint density at radius 3 is 2.21 bits per heavy atom. The van der Waals surface area contributed by atoms with Crippen molar-refractivity contribution in [1.29, 1.82) is 5.26 Å². The zero-order valence-electron chi connectivity index (χ0n) is 12.1. The summed E-state index contributed by atoms with van der Waals surface area (Å²) in [6.07, 6.45) is 1.63. The molecule has 0 aliphatic heterocycles. The third-order valence-electron chi connectivity index (χ3n) is 3.33. The zero-order chi connectivity index (χ0) is 14.6. The van der Waals surface area contributed by atoms with Crippen molar-refractivity contribution in [2.75, 3.05) is 6.61 Å². The lowest BCUT2D eigenvalue weighted by molar-refractivity contribution is -0.137. The molecule has 3 heteroatoms. The Morgan fingerprint density at radius 1 is 1.26 bits per heavy atom. The molecule has 1 aromatic carbocycles. The van der Waals surface area contributed by atoms with Crippen LogP contribution in [0.2, 0.25) is 0 Å². The molecule has 19 heavy (non-hydrogen) atoms. The molecule has 1 aromatic rings. The smallest absolute Gasteiger partial charge is 0.348 e. The first-order valence-corrected chi connectivity index (χ1v) is 6.28. The Balaban J connectivity index is 3.38. The minimum absolute atomic E-state index is 0.0399. The number of hydrogen-bond acceptors (Lipinski definition) is 3. The van der Waals surface area contributed by atoms with E-state index in [4.69, 9.17) is 10.00 Å². The maximum atomic E-state index is 11.7. The van der Waals surface area contributed by atoms with Gasteiger partial charge in [-0.3, -0.25) is 0 Å². The molecule has 0 aliphatic carbocycles. The van der Waals surface area contributed by atoms with Crippen molar-refractivity contribution >= 4 is 12.0 Å². The molecule has 0 fully saturated rings. The van der Waals surface area contributed by atoms with Gasteiger partial charge in [-0.15, -0.1) is 0 Å². The molecule has 0 aromatic heterocycles. The normalized spacial score (nSPS) is 11.1. The quantitative estimate of drug-likeness (QED) is 0.474. The van der Waals surface area contributed by atoms with Crippen LogP contribution in [0.1, 0.15) is 34.7 Å². The second kappa shape index (κ2) is 6.19. The highest BCUT2D eigenvalue weighted by Gasteiger charge is 2.13. The number of benzene rings is 1. The van der Waals surface area contributed by atoms with Gasteiger partial charge < -0.3 is 4.74 Å². The SMILES string of the molecule is CCOC(=O)/C(C#N)=C\c1c(C)c(C)cc(C)c1C. The van der Waals surface area contributed by atoms with Gasteiger partial charge in [0.25, 0.3) is 0 Å². The van der Waals surface area contributed by atoms with Crippen molar-refractivity contribution in [2.24, 2.45) is 0 Å². The topological polar surface area (TPSA) is 50.1 Å². The molecule has 0 aliphatic rings. The lowest BCUT2D eigenvalue weighted by atomic mass is 9.93. The van der Waals surface area contributed by atoms with E-state index in [0.29, 0.717) is 0 Å². The summed E-state index contributed by atoms with van der Waals surface area (Å²) in [5.74, 6) is -0.567. The highest BCUT2D eigenvalue weighted by atomic mass is 16.5. The fourth-order valence-corrected chi connectivity index (χ4v) is 1.95. The van der Waals surface area contributed by atoms with Gasteiger partial charge in [-0.05, 0) is 68.5 Å². The number of rotatable bonds is 3. The standard InChI is InChI=1S/C16H19NO2/c1-6-19-16(18)14(9-17)8-15-12(4)10(2)7-11(3)13(15)5/h7-8H,6H2,1-5H3/b14-8-. The highest BCUT2D eigenvalue weighted by molar-refractivity contribution is 5.98. The van der Waals surface area contributed by atoms with Crippen LogP contribution in [0.3, 0.4) is 0 Å². The Bertz CT molecular complexity index is 551. The lowest BCUT2D eigenvalue weighted by Crippen LogP contribution is -2.06. The second-order valence-corrected chi connectivity index (χ2v) is 4.56. The van der Waals surface area contributed by atoms with Crippen molar-refractivity contribution in [2.45, 2.75) is 34.6 Å². The van der Waals surface area contributed by atoms with Gasteiger partial charge in [0.15, 0.2) is 0 Å². The third-order valence-corrected chi connectivity index (χ3v) is 3.33. The van der Waals surface area contributed by atoms with Crippen LogP contribution in [-0.4, -0.2) is 12.6 Å². The first-order chi connectivity index (χ1) is 8.92. The number of ether oxygens (including phenoxy) is 1. The molecule has 0 amide bonds. The van der Waals surface area contributed by atoms with Gasteiger partial charge >= 0.3 is 5.97 Å². The van der Waals surface area contributed by atoms with E-state index in [0.717, 1.165) is 27.8 Å². The predicted octanol–water partition coefficient (Wildman–Crippen LogP) is 3.39. The molecule has 0 saturated carbocycles. The average molecular weight is 257 g/mol. The summed E-state index contributed by atoms with van der Waals surface area (Å²) in [6, 6.07) is 4.02. The van der Waals surface area contributed by atoms with Crippen LogP contribution in [0.4, 0.5) is 0 Å². The first-order valence-electron chi connectivity index (χ1n) is 6.28. The van der Waals surface area contributed by atoms with Gasteiger partial charge in [0.1, 0.15) is 11.6 Å². The van der Waals surface area contributed by atoms with Gasteiger partial charge in [0.2, 0.25) is 0 Å². The highest BCUT2D eigenvalue weighted by Crippen LogP contribution is 2.24. The maximum absolute atomic E-state index is 11.7. The molecule has 0 bridgehead atoms. The molecule has 0 heterocycles. The molecular formula is C16H19NO2. The van der Waals surface area contributed by atoms with E-state index in [2.05, 4.69) is 6.07 Å². The van der Waals surface area contributed by atoms with Gasteiger partial charge in [-0.2, -0.15) is 5.26 Å². The number of hydrogen-bond donors (Lipinski definition) is 0. The van der Waals surface area contributed by atoms with Crippen LogP contribution in [0.5, 0.6) is 0 Å². The van der Waals surface area contributed by atoms with E-state index >= 15 is 0 Å². The van der Waals surface area contributed by atoms with E-state index in [1.54, 1.807) is 13.0 Å². The average Bonchev–Trinajstić information content (AvgIpc) is 2.37. The van der Waals surface area contributed by atoms with Crippen molar-refractivity contribution in [3.05, 3.63) is 39.5 Å². The summed E-state index contributed by atoms with van der Waals surface area (Å²) in [6.45, 7) is 10.0. The van der Waals surface area contributed by atoms with Crippen molar-refractivity contribution < 1.29 is 9.53 Å². The van der Waals surface area contributed by atoms with E-state index < -0.39 is 5.97 Å². The van der Waals surface area contributed by atoms with Crippen molar-refractivity contribution in [1.82, 2.24) is 0 Å². The van der Waals surface area contributed by atoms with Gasteiger partial charge in [-0.1, -0.05) is 6.07 Å². The summed E-state index contributed by atoms with van der Waals surface area (Å²) in [5.41, 5.74) is 5.44. The Hall–Kier alpha value is -2.08. The van der Waals surface area contributed by atoms with Crippen molar-refractivity contribution in [3.8, 4) is 6.07 Å². The van der Waals surface area contributed by atoms with E-state index in [1.165, 1.54) is 0 Å². The number of carbonyl (C=O) groups is 1. The van der Waals surface area contributed by atoms with E-state index in [9.17, 15) is 4.79 Å². The van der Waals surface area contributed by atoms with Gasteiger partial charge in [0.05, 0.1) is 6.61 Å². The molecule has 0 unspecified atom stereocenters. The molecule has 0 radical (unpaired) electrons. The summed E-state index contributed by atoms with van der Waals surface area (Å²) >= 11 is 0. The monoisotopic (exact) mass is 257 g/mol. The van der Waals surface area contributed by atoms with E-state index in [1.807, 2.05) is 33.8 Å². The predicted molar refractivity (Wildman–Crippen MR) is 75.6 cm³/mol.